The van der Waals surface area contributed by atoms with E-state index in [0.29, 0.717) is 35.9 Å². The standard InChI is InChI=1S/C23H27N3O4/c1-3-30-20-10-7-15(12-21(20)29-2)14-24-22(27)16-8-9-18-17(13-16)25-23(28)19-6-4-5-11-26(18)19/h7-10,12-13,19H,3-6,11,14H2,1-2H3,(H,24,27)(H,25,28)/t19-/m0/s1. The number of hydrogen-bond donors (Lipinski definition) is 2. The van der Waals surface area contributed by atoms with Gasteiger partial charge in [0.2, 0.25) is 5.91 Å². The fourth-order valence-corrected chi connectivity index (χ4v) is 4.12. The smallest absolute Gasteiger partial charge is 0.251 e. The molecule has 2 aromatic carbocycles. The Hall–Kier alpha value is -3.22. The van der Waals surface area contributed by atoms with Gasteiger partial charge in [-0.1, -0.05) is 6.07 Å². The minimum Gasteiger partial charge on any atom is -0.493 e. The molecule has 2 amide bonds. The first-order chi connectivity index (χ1) is 14.6. The van der Waals surface area contributed by atoms with Gasteiger partial charge in [-0.15, -0.1) is 0 Å². The van der Waals surface area contributed by atoms with Crippen molar-refractivity contribution in [1.29, 1.82) is 0 Å². The van der Waals surface area contributed by atoms with Gasteiger partial charge >= 0.3 is 0 Å². The molecule has 0 radical (unpaired) electrons. The second-order valence-electron chi connectivity index (χ2n) is 7.53. The van der Waals surface area contributed by atoms with Crippen molar-refractivity contribution in [3.63, 3.8) is 0 Å². The first kappa shape index (κ1) is 20.1. The topological polar surface area (TPSA) is 79.9 Å². The molecule has 7 heteroatoms. The summed E-state index contributed by atoms with van der Waals surface area (Å²) in [5, 5.41) is 5.90. The Morgan fingerprint density at radius 2 is 2.07 bits per heavy atom. The van der Waals surface area contributed by atoms with Crippen LogP contribution in [0.3, 0.4) is 0 Å². The molecule has 158 valence electrons. The third-order valence-corrected chi connectivity index (χ3v) is 5.61. The van der Waals surface area contributed by atoms with Gasteiger partial charge < -0.3 is 25.0 Å². The van der Waals surface area contributed by atoms with Crippen LogP contribution in [0.5, 0.6) is 11.5 Å². The number of methoxy groups -OCH3 is 1. The summed E-state index contributed by atoms with van der Waals surface area (Å²) in [6, 6.07) is 11.0. The van der Waals surface area contributed by atoms with E-state index in [0.717, 1.165) is 37.1 Å². The lowest BCUT2D eigenvalue weighted by Gasteiger charge is -2.41. The summed E-state index contributed by atoms with van der Waals surface area (Å²) in [7, 11) is 1.59. The molecule has 0 spiro atoms. The van der Waals surface area contributed by atoms with Gasteiger partial charge in [-0.2, -0.15) is 0 Å². The highest BCUT2D eigenvalue weighted by Gasteiger charge is 2.34. The van der Waals surface area contributed by atoms with E-state index in [9.17, 15) is 9.59 Å². The first-order valence-electron chi connectivity index (χ1n) is 10.4. The molecular formula is C23H27N3O4. The molecule has 1 atom stereocenters. The van der Waals surface area contributed by atoms with E-state index in [-0.39, 0.29) is 17.9 Å². The zero-order chi connectivity index (χ0) is 21.1. The molecule has 1 fully saturated rings. The zero-order valence-electron chi connectivity index (χ0n) is 17.4. The Labute approximate surface area is 176 Å². The molecule has 1 saturated heterocycles. The third-order valence-electron chi connectivity index (χ3n) is 5.61. The lowest BCUT2D eigenvalue weighted by atomic mass is 9.97. The second-order valence-corrected chi connectivity index (χ2v) is 7.53. The Bertz CT molecular complexity index is 959. The van der Waals surface area contributed by atoms with E-state index >= 15 is 0 Å². The van der Waals surface area contributed by atoms with E-state index in [2.05, 4.69) is 15.5 Å². The normalized spacial score (nSPS) is 17.5. The number of amides is 2. The zero-order valence-corrected chi connectivity index (χ0v) is 17.4. The summed E-state index contributed by atoms with van der Waals surface area (Å²) in [4.78, 5) is 27.3. The van der Waals surface area contributed by atoms with Crippen molar-refractivity contribution in [3.05, 3.63) is 47.5 Å². The SMILES string of the molecule is CCOc1ccc(CNC(=O)c2ccc3c(c2)NC(=O)[C@@H]2CCCCN32)cc1OC. The van der Waals surface area contributed by atoms with Crippen molar-refractivity contribution in [2.45, 2.75) is 38.8 Å². The molecule has 0 saturated carbocycles. The van der Waals surface area contributed by atoms with Crippen LogP contribution in [0.4, 0.5) is 11.4 Å². The lowest BCUT2D eigenvalue weighted by molar-refractivity contribution is -0.118. The largest absolute Gasteiger partial charge is 0.493 e. The molecule has 2 N–H and O–H groups in total. The Balaban J connectivity index is 1.46. The maximum atomic E-state index is 12.7. The number of nitrogens with zero attached hydrogens (tertiary/aromatic N) is 1. The third kappa shape index (κ3) is 3.92. The predicted molar refractivity (Wildman–Crippen MR) is 115 cm³/mol. The van der Waals surface area contributed by atoms with Crippen molar-refractivity contribution in [1.82, 2.24) is 5.32 Å². The quantitative estimate of drug-likeness (QED) is 0.765. The fourth-order valence-electron chi connectivity index (χ4n) is 4.12. The van der Waals surface area contributed by atoms with E-state index in [1.165, 1.54) is 0 Å². The molecule has 2 aliphatic rings. The van der Waals surface area contributed by atoms with E-state index < -0.39 is 0 Å². The number of nitrogens with one attached hydrogen (secondary N) is 2. The minimum absolute atomic E-state index is 0.0150. The fraction of sp³-hybridized carbons (Fsp3) is 0.391. The van der Waals surface area contributed by atoms with Crippen LogP contribution < -0.4 is 25.0 Å². The van der Waals surface area contributed by atoms with E-state index in [1.54, 1.807) is 13.2 Å². The highest BCUT2D eigenvalue weighted by Crippen LogP contribution is 2.36. The molecule has 0 aromatic heterocycles. The average Bonchev–Trinajstić information content (AvgIpc) is 2.78. The molecule has 2 aliphatic heterocycles. The molecule has 2 aromatic rings. The minimum atomic E-state index is -0.194. The van der Waals surface area contributed by atoms with Crippen molar-refractivity contribution in [2.75, 3.05) is 30.5 Å². The number of fused-ring (bicyclic) bond motifs is 3. The van der Waals surface area contributed by atoms with Gasteiger partial charge in [0, 0.05) is 18.7 Å². The summed E-state index contributed by atoms with van der Waals surface area (Å²) in [6.07, 6.45) is 3.02. The lowest BCUT2D eigenvalue weighted by Crippen LogP contribution is -2.50. The maximum Gasteiger partial charge on any atom is 0.251 e. The number of anilines is 2. The van der Waals surface area contributed by atoms with E-state index in [1.807, 2.05) is 37.3 Å². The molecule has 0 bridgehead atoms. The Morgan fingerprint density at radius 3 is 2.87 bits per heavy atom. The van der Waals surface area contributed by atoms with Gasteiger partial charge in [0.05, 0.1) is 25.1 Å². The van der Waals surface area contributed by atoms with Gasteiger partial charge in [0.25, 0.3) is 5.91 Å². The van der Waals surface area contributed by atoms with Crippen LogP contribution in [-0.4, -0.2) is 38.1 Å². The molecule has 2 heterocycles. The number of piperidine rings is 1. The van der Waals surface area contributed by atoms with Crippen molar-refractivity contribution < 1.29 is 19.1 Å². The number of carbonyl (C=O) groups excluding carboxylic acids is 2. The van der Waals surface area contributed by atoms with Crippen LogP contribution in [0, 0.1) is 0 Å². The van der Waals surface area contributed by atoms with Crippen LogP contribution in [0.2, 0.25) is 0 Å². The molecule has 0 aliphatic carbocycles. The van der Waals surface area contributed by atoms with Crippen LogP contribution in [-0.2, 0) is 11.3 Å². The Kier molecular flexibility index (Phi) is 5.79. The monoisotopic (exact) mass is 409 g/mol. The van der Waals surface area contributed by atoms with Gasteiger partial charge in [0.15, 0.2) is 11.5 Å². The second kappa shape index (κ2) is 8.65. The highest BCUT2D eigenvalue weighted by atomic mass is 16.5. The van der Waals surface area contributed by atoms with Crippen LogP contribution in [0.25, 0.3) is 0 Å². The molecule has 0 unspecified atom stereocenters. The van der Waals surface area contributed by atoms with Crippen molar-refractivity contribution in [2.24, 2.45) is 0 Å². The number of hydrogen-bond acceptors (Lipinski definition) is 5. The Morgan fingerprint density at radius 1 is 1.20 bits per heavy atom. The summed E-state index contributed by atoms with van der Waals surface area (Å²) >= 11 is 0. The summed E-state index contributed by atoms with van der Waals surface area (Å²) in [5.41, 5.74) is 3.12. The molecule has 7 nitrogen and oxygen atoms in total. The van der Waals surface area contributed by atoms with Gasteiger partial charge in [0.1, 0.15) is 6.04 Å². The number of ether oxygens (including phenoxy) is 2. The maximum absolute atomic E-state index is 12.7. The van der Waals surface area contributed by atoms with E-state index in [4.69, 9.17) is 9.47 Å². The molecule has 4 rings (SSSR count). The highest BCUT2D eigenvalue weighted by molar-refractivity contribution is 6.05. The van der Waals surface area contributed by atoms with Crippen molar-refractivity contribution >= 4 is 23.2 Å². The molecule has 30 heavy (non-hydrogen) atoms. The van der Waals surface area contributed by atoms with Crippen LogP contribution in [0.1, 0.15) is 42.1 Å². The van der Waals surface area contributed by atoms with Gasteiger partial charge in [-0.3, -0.25) is 9.59 Å². The summed E-state index contributed by atoms with van der Waals surface area (Å²) < 4.78 is 10.9. The predicted octanol–water partition coefficient (Wildman–Crippen LogP) is 3.33. The van der Waals surface area contributed by atoms with Crippen molar-refractivity contribution in [3.8, 4) is 11.5 Å². The van der Waals surface area contributed by atoms with Crippen LogP contribution >= 0.6 is 0 Å². The summed E-state index contributed by atoms with van der Waals surface area (Å²) in [5.74, 6) is 1.13. The van der Waals surface area contributed by atoms with Gasteiger partial charge in [-0.05, 0) is 62.1 Å². The van der Waals surface area contributed by atoms with Crippen LogP contribution in [0.15, 0.2) is 36.4 Å². The summed E-state index contributed by atoms with van der Waals surface area (Å²) in [6.45, 7) is 3.70. The number of benzene rings is 2. The molecular weight excluding hydrogens is 382 g/mol. The first-order valence-corrected chi connectivity index (χ1v) is 10.4. The number of rotatable bonds is 6. The van der Waals surface area contributed by atoms with Gasteiger partial charge in [-0.25, -0.2) is 0 Å². The number of carbonyl (C=O) groups is 2. The average molecular weight is 409 g/mol.